The molecule has 0 amide bonds. The number of pyridine rings is 1. The van der Waals surface area contributed by atoms with Gasteiger partial charge in [0.15, 0.2) is 4.73 Å². The van der Waals surface area contributed by atoms with Crippen LogP contribution in [-0.4, -0.2) is 14.5 Å². The topological polar surface area (TPSA) is 30.7 Å². The maximum Gasteiger partial charge on any atom is 0.181 e. The fraction of sp³-hybridized carbons (Fsp3) is 0.467. The van der Waals surface area contributed by atoms with Gasteiger partial charge in [-0.15, -0.1) is 0 Å². The van der Waals surface area contributed by atoms with Crippen LogP contribution in [0.2, 0.25) is 0 Å². The zero-order valence-electron chi connectivity index (χ0n) is 11.9. The molecule has 0 fully saturated rings. The first kappa shape index (κ1) is 14.3. The van der Waals surface area contributed by atoms with Gasteiger partial charge in [-0.2, -0.15) is 0 Å². The van der Waals surface area contributed by atoms with Gasteiger partial charge in [-0.25, -0.2) is 4.98 Å². The summed E-state index contributed by atoms with van der Waals surface area (Å²) in [6, 6.07) is 2.23. The largest absolute Gasteiger partial charge is 0.293 e. The molecule has 0 unspecified atom stereocenters. The summed E-state index contributed by atoms with van der Waals surface area (Å²) in [6.07, 6.45) is 6.70. The normalized spacial score (nSPS) is 11.5. The molecule has 4 heteroatoms. The molecular formula is C15H20BrN3. The summed E-state index contributed by atoms with van der Waals surface area (Å²) in [7, 11) is 0. The number of halogens is 1. The Morgan fingerprint density at radius 1 is 1.21 bits per heavy atom. The molecular weight excluding hydrogens is 302 g/mol. The number of nitrogens with zero attached hydrogens (tertiary/aromatic N) is 3. The maximum atomic E-state index is 4.66. The minimum absolute atomic E-state index is 0.453. The molecule has 0 spiro atoms. The van der Waals surface area contributed by atoms with E-state index in [0.29, 0.717) is 11.8 Å². The number of hydrogen-bond donors (Lipinski definition) is 0. The van der Waals surface area contributed by atoms with E-state index in [1.807, 2.05) is 17.0 Å². The summed E-state index contributed by atoms with van der Waals surface area (Å²) in [5.41, 5.74) is 3.60. The molecule has 19 heavy (non-hydrogen) atoms. The van der Waals surface area contributed by atoms with Crippen molar-refractivity contribution in [3.8, 4) is 5.69 Å². The molecule has 0 saturated heterocycles. The predicted octanol–water partition coefficient (Wildman–Crippen LogP) is 4.35. The standard InChI is InChI=1S/C15H20BrN3/c1-10(2)7-12-8-13(9-18-14(12)11(3)4)19-6-5-17-15(19)16/h5-6,8-11H,7H2,1-4H3. The lowest BCUT2D eigenvalue weighted by molar-refractivity contribution is 0.632. The lowest BCUT2D eigenvalue weighted by Crippen LogP contribution is -2.06. The Balaban J connectivity index is 2.46. The highest BCUT2D eigenvalue weighted by Crippen LogP contribution is 2.23. The monoisotopic (exact) mass is 321 g/mol. The van der Waals surface area contributed by atoms with Crippen molar-refractivity contribution in [1.82, 2.24) is 14.5 Å². The van der Waals surface area contributed by atoms with Gasteiger partial charge >= 0.3 is 0 Å². The Labute approximate surface area is 123 Å². The van der Waals surface area contributed by atoms with Gasteiger partial charge in [-0.05, 0) is 45.8 Å². The van der Waals surface area contributed by atoms with Gasteiger partial charge in [0.1, 0.15) is 0 Å². The van der Waals surface area contributed by atoms with Crippen LogP contribution in [0.3, 0.4) is 0 Å². The molecule has 0 saturated carbocycles. The molecule has 0 radical (unpaired) electrons. The van der Waals surface area contributed by atoms with Crippen LogP contribution < -0.4 is 0 Å². The number of hydrogen-bond acceptors (Lipinski definition) is 2. The molecule has 2 rings (SSSR count). The van der Waals surface area contributed by atoms with Gasteiger partial charge < -0.3 is 0 Å². The number of rotatable bonds is 4. The van der Waals surface area contributed by atoms with E-state index in [0.717, 1.165) is 16.8 Å². The van der Waals surface area contributed by atoms with Crippen LogP contribution in [-0.2, 0) is 6.42 Å². The molecule has 0 bridgehead atoms. The van der Waals surface area contributed by atoms with E-state index in [4.69, 9.17) is 0 Å². The third-order valence-electron chi connectivity index (χ3n) is 3.04. The van der Waals surface area contributed by atoms with Gasteiger partial charge in [0.05, 0.1) is 11.9 Å². The molecule has 0 N–H and O–H groups in total. The zero-order chi connectivity index (χ0) is 14.0. The minimum atomic E-state index is 0.453. The first-order valence-electron chi connectivity index (χ1n) is 6.67. The fourth-order valence-electron chi connectivity index (χ4n) is 2.24. The van der Waals surface area contributed by atoms with Crippen molar-refractivity contribution >= 4 is 15.9 Å². The van der Waals surface area contributed by atoms with Crippen molar-refractivity contribution in [2.45, 2.75) is 40.0 Å². The van der Waals surface area contributed by atoms with Crippen molar-refractivity contribution in [2.24, 2.45) is 5.92 Å². The summed E-state index contributed by atoms with van der Waals surface area (Å²) in [4.78, 5) is 8.85. The van der Waals surface area contributed by atoms with Crippen molar-refractivity contribution in [1.29, 1.82) is 0 Å². The van der Waals surface area contributed by atoms with Gasteiger partial charge in [0.25, 0.3) is 0 Å². The predicted molar refractivity (Wildman–Crippen MR) is 81.7 cm³/mol. The highest BCUT2D eigenvalue weighted by atomic mass is 79.9. The third kappa shape index (κ3) is 3.24. The van der Waals surface area contributed by atoms with E-state index in [2.05, 4.69) is 59.7 Å². The van der Waals surface area contributed by atoms with Crippen LogP contribution in [0.1, 0.15) is 44.9 Å². The first-order chi connectivity index (χ1) is 8.99. The van der Waals surface area contributed by atoms with Crippen molar-refractivity contribution in [2.75, 3.05) is 0 Å². The summed E-state index contributed by atoms with van der Waals surface area (Å²) in [6.45, 7) is 8.87. The van der Waals surface area contributed by atoms with Crippen molar-refractivity contribution in [3.63, 3.8) is 0 Å². The average Bonchev–Trinajstić information content (AvgIpc) is 2.74. The fourth-order valence-corrected chi connectivity index (χ4v) is 2.68. The molecule has 0 aliphatic heterocycles. The van der Waals surface area contributed by atoms with E-state index < -0.39 is 0 Å². The molecule has 2 aromatic rings. The summed E-state index contributed by atoms with van der Waals surface area (Å²) < 4.78 is 2.81. The summed E-state index contributed by atoms with van der Waals surface area (Å²) in [5.74, 6) is 1.08. The van der Waals surface area contributed by atoms with Gasteiger partial charge in [-0.3, -0.25) is 9.55 Å². The van der Waals surface area contributed by atoms with Crippen molar-refractivity contribution < 1.29 is 0 Å². The maximum absolute atomic E-state index is 4.66. The number of imidazole rings is 1. The minimum Gasteiger partial charge on any atom is -0.293 e. The Morgan fingerprint density at radius 3 is 2.47 bits per heavy atom. The van der Waals surface area contributed by atoms with Crippen molar-refractivity contribution in [3.05, 3.63) is 40.6 Å². The zero-order valence-corrected chi connectivity index (χ0v) is 13.5. The molecule has 0 aliphatic rings. The van der Waals surface area contributed by atoms with Crippen LogP contribution >= 0.6 is 15.9 Å². The van der Waals surface area contributed by atoms with E-state index in [1.165, 1.54) is 11.3 Å². The van der Waals surface area contributed by atoms with E-state index in [-0.39, 0.29) is 0 Å². The van der Waals surface area contributed by atoms with E-state index >= 15 is 0 Å². The molecule has 0 atom stereocenters. The molecule has 2 heterocycles. The first-order valence-corrected chi connectivity index (χ1v) is 7.46. The van der Waals surface area contributed by atoms with Crippen LogP contribution in [0.4, 0.5) is 0 Å². The second-order valence-electron chi connectivity index (χ2n) is 5.56. The highest BCUT2D eigenvalue weighted by molar-refractivity contribution is 9.10. The summed E-state index contributed by atoms with van der Waals surface area (Å²) in [5, 5.41) is 0. The van der Waals surface area contributed by atoms with Crippen LogP contribution in [0.25, 0.3) is 5.69 Å². The van der Waals surface area contributed by atoms with Crippen LogP contribution in [0, 0.1) is 5.92 Å². The molecule has 0 aliphatic carbocycles. The smallest absolute Gasteiger partial charge is 0.181 e. The molecule has 0 aromatic carbocycles. The third-order valence-corrected chi connectivity index (χ3v) is 3.62. The van der Waals surface area contributed by atoms with E-state index in [9.17, 15) is 0 Å². The van der Waals surface area contributed by atoms with Gasteiger partial charge in [0.2, 0.25) is 0 Å². The molecule has 102 valence electrons. The second kappa shape index (κ2) is 5.87. The lowest BCUT2D eigenvalue weighted by Gasteiger charge is -2.15. The Morgan fingerprint density at radius 2 is 1.95 bits per heavy atom. The molecule has 2 aromatic heterocycles. The number of aromatic nitrogens is 3. The Kier molecular flexibility index (Phi) is 4.40. The van der Waals surface area contributed by atoms with Crippen LogP contribution in [0.5, 0.6) is 0 Å². The Hall–Kier alpha value is -1.16. The SMILES string of the molecule is CC(C)Cc1cc(-n2ccnc2Br)cnc1C(C)C. The van der Waals surface area contributed by atoms with Gasteiger partial charge in [-0.1, -0.05) is 27.7 Å². The van der Waals surface area contributed by atoms with E-state index in [1.54, 1.807) is 6.20 Å². The quantitative estimate of drug-likeness (QED) is 0.838. The molecule has 3 nitrogen and oxygen atoms in total. The van der Waals surface area contributed by atoms with Gasteiger partial charge in [0, 0.05) is 18.1 Å². The van der Waals surface area contributed by atoms with Crippen LogP contribution in [0.15, 0.2) is 29.4 Å². The Bertz CT molecular complexity index is 558. The highest BCUT2D eigenvalue weighted by Gasteiger charge is 2.12. The average molecular weight is 322 g/mol. The second-order valence-corrected chi connectivity index (χ2v) is 6.27. The summed E-state index contributed by atoms with van der Waals surface area (Å²) >= 11 is 3.45. The lowest BCUT2D eigenvalue weighted by atomic mass is 9.96.